The van der Waals surface area contributed by atoms with Gasteiger partial charge in [-0.05, 0) is 47.1 Å². The molecule has 2 rings (SSSR count). The molecule has 0 amide bonds. The molecule has 0 aliphatic rings. The lowest BCUT2D eigenvalue weighted by atomic mass is 10.4. The van der Waals surface area contributed by atoms with Crippen molar-refractivity contribution in [1.82, 2.24) is 9.97 Å². The van der Waals surface area contributed by atoms with E-state index in [9.17, 15) is 0 Å². The van der Waals surface area contributed by atoms with E-state index in [1.807, 2.05) is 43.3 Å². The van der Waals surface area contributed by atoms with Crippen LogP contribution in [0, 0.1) is 6.92 Å². The van der Waals surface area contributed by atoms with Crippen molar-refractivity contribution in [3.8, 4) is 0 Å². The van der Waals surface area contributed by atoms with Crippen LogP contribution in [0.25, 0.3) is 0 Å². The first kappa shape index (κ1) is 11.7. The van der Waals surface area contributed by atoms with Crippen molar-refractivity contribution in [2.45, 2.75) is 6.92 Å². The van der Waals surface area contributed by atoms with Crippen LogP contribution in [0.5, 0.6) is 0 Å². The fourth-order valence-electron chi connectivity index (χ4n) is 1.27. The summed E-state index contributed by atoms with van der Waals surface area (Å²) >= 11 is 3.30. The Kier molecular flexibility index (Phi) is 3.82. The molecular weight excluding hydrogens is 280 g/mol. The molecule has 5 heteroatoms. The van der Waals surface area contributed by atoms with Gasteiger partial charge in [0.1, 0.15) is 10.4 Å². The standard InChI is InChI=1S/C12H11BrN4/c1-9-4-2-7-12(15-9)17-14-8-10-5-3-6-11(13)16-10/h2-8H,1H3,(H,15,17). The summed E-state index contributed by atoms with van der Waals surface area (Å²) < 4.78 is 0.787. The second-order valence-electron chi connectivity index (χ2n) is 3.42. The van der Waals surface area contributed by atoms with E-state index in [1.165, 1.54) is 0 Å². The molecule has 0 aliphatic heterocycles. The van der Waals surface area contributed by atoms with Gasteiger partial charge in [-0.3, -0.25) is 5.43 Å². The molecule has 0 aliphatic carbocycles. The van der Waals surface area contributed by atoms with Crippen molar-refractivity contribution in [3.05, 3.63) is 52.4 Å². The maximum absolute atomic E-state index is 4.27. The number of nitrogens with zero attached hydrogens (tertiary/aromatic N) is 3. The van der Waals surface area contributed by atoms with E-state index in [-0.39, 0.29) is 0 Å². The summed E-state index contributed by atoms with van der Waals surface area (Å²) in [5.41, 5.74) is 4.58. The Labute approximate surface area is 108 Å². The smallest absolute Gasteiger partial charge is 0.146 e. The molecule has 0 fully saturated rings. The summed E-state index contributed by atoms with van der Waals surface area (Å²) in [6.07, 6.45) is 1.65. The number of hydrogen-bond acceptors (Lipinski definition) is 4. The second-order valence-corrected chi connectivity index (χ2v) is 4.23. The van der Waals surface area contributed by atoms with Gasteiger partial charge in [0.15, 0.2) is 0 Å². The number of halogens is 1. The summed E-state index contributed by atoms with van der Waals surface area (Å²) in [5, 5.41) is 4.07. The molecule has 0 aromatic carbocycles. The van der Waals surface area contributed by atoms with Gasteiger partial charge in [0.2, 0.25) is 0 Å². The zero-order chi connectivity index (χ0) is 12.1. The molecule has 0 bridgehead atoms. The number of anilines is 1. The van der Waals surface area contributed by atoms with Gasteiger partial charge in [0.05, 0.1) is 11.9 Å². The number of hydrogen-bond donors (Lipinski definition) is 1. The average Bonchev–Trinajstić information content (AvgIpc) is 2.29. The van der Waals surface area contributed by atoms with Crippen LogP contribution >= 0.6 is 15.9 Å². The van der Waals surface area contributed by atoms with Crippen LogP contribution in [0.15, 0.2) is 46.1 Å². The highest BCUT2D eigenvalue weighted by Gasteiger charge is 1.92. The molecule has 2 aromatic rings. The van der Waals surface area contributed by atoms with Crippen LogP contribution in [-0.4, -0.2) is 16.2 Å². The Hall–Kier alpha value is -1.75. The molecule has 4 nitrogen and oxygen atoms in total. The van der Waals surface area contributed by atoms with Crippen LogP contribution < -0.4 is 5.43 Å². The van der Waals surface area contributed by atoms with E-state index in [0.29, 0.717) is 0 Å². The summed E-state index contributed by atoms with van der Waals surface area (Å²) in [5.74, 6) is 0.719. The molecule has 0 unspecified atom stereocenters. The summed E-state index contributed by atoms with van der Waals surface area (Å²) in [4.78, 5) is 8.50. The predicted octanol–water partition coefficient (Wildman–Crippen LogP) is 2.99. The quantitative estimate of drug-likeness (QED) is 0.537. The van der Waals surface area contributed by atoms with Crippen molar-refractivity contribution in [1.29, 1.82) is 0 Å². The largest absolute Gasteiger partial charge is 0.261 e. The maximum Gasteiger partial charge on any atom is 0.146 e. The van der Waals surface area contributed by atoms with Crippen LogP contribution in [-0.2, 0) is 0 Å². The first-order chi connectivity index (χ1) is 8.24. The molecule has 17 heavy (non-hydrogen) atoms. The molecule has 0 saturated heterocycles. The van der Waals surface area contributed by atoms with Gasteiger partial charge in [0, 0.05) is 5.69 Å². The number of pyridine rings is 2. The zero-order valence-corrected chi connectivity index (χ0v) is 10.8. The van der Waals surface area contributed by atoms with Crippen molar-refractivity contribution >= 4 is 28.0 Å². The molecular formula is C12H11BrN4. The maximum atomic E-state index is 4.27. The van der Waals surface area contributed by atoms with Crippen molar-refractivity contribution in [2.75, 3.05) is 5.43 Å². The second kappa shape index (κ2) is 5.54. The fraction of sp³-hybridized carbons (Fsp3) is 0.0833. The lowest BCUT2D eigenvalue weighted by Gasteiger charge is -1.99. The highest BCUT2D eigenvalue weighted by Crippen LogP contribution is 2.05. The first-order valence-corrected chi connectivity index (χ1v) is 5.88. The van der Waals surface area contributed by atoms with Gasteiger partial charge in [-0.25, -0.2) is 9.97 Å². The van der Waals surface area contributed by atoms with E-state index in [0.717, 1.165) is 21.8 Å². The van der Waals surface area contributed by atoms with Crippen LogP contribution in [0.1, 0.15) is 11.4 Å². The minimum Gasteiger partial charge on any atom is -0.261 e. The lowest BCUT2D eigenvalue weighted by molar-refractivity contribution is 1.16. The van der Waals surface area contributed by atoms with Gasteiger partial charge in [-0.1, -0.05) is 12.1 Å². The summed E-state index contributed by atoms with van der Waals surface area (Å²) in [6.45, 7) is 1.94. The number of hydrazone groups is 1. The topological polar surface area (TPSA) is 50.2 Å². The van der Waals surface area contributed by atoms with Gasteiger partial charge >= 0.3 is 0 Å². The first-order valence-electron chi connectivity index (χ1n) is 5.09. The van der Waals surface area contributed by atoms with Gasteiger partial charge < -0.3 is 0 Å². The Morgan fingerprint density at radius 2 is 2.00 bits per heavy atom. The third-order valence-corrected chi connectivity index (χ3v) is 2.44. The van der Waals surface area contributed by atoms with Crippen LogP contribution in [0.2, 0.25) is 0 Å². The monoisotopic (exact) mass is 290 g/mol. The minimum atomic E-state index is 0.719. The molecule has 0 atom stereocenters. The average molecular weight is 291 g/mol. The minimum absolute atomic E-state index is 0.719. The molecule has 0 radical (unpaired) electrons. The zero-order valence-electron chi connectivity index (χ0n) is 9.26. The lowest BCUT2D eigenvalue weighted by Crippen LogP contribution is -1.95. The molecule has 2 aromatic heterocycles. The van der Waals surface area contributed by atoms with Crippen molar-refractivity contribution in [3.63, 3.8) is 0 Å². The number of aromatic nitrogens is 2. The van der Waals surface area contributed by atoms with E-state index in [1.54, 1.807) is 6.21 Å². The van der Waals surface area contributed by atoms with Crippen LogP contribution in [0.4, 0.5) is 5.82 Å². The molecule has 0 saturated carbocycles. The summed E-state index contributed by atoms with van der Waals surface area (Å²) in [7, 11) is 0. The van der Waals surface area contributed by atoms with Crippen molar-refractivity contribution in [2.24, 2.45) is 5.10 Å². The van der Waals surface area contributed by atoms with E-state index >= 15 is 0 Å². The normalized spacial score (nSPS) is 10.7. The fourth-order valence-corrected chi connectivity index (χ4v) is 1.62. The molecule has 1 N–H and O–H groups in total. The van der Waals surface area contributed by atoms with E-state index < -0.39 is 0 Å². The third-order valence-electron chi connectivity index (χ3n) is 2.00. The van der Waals surface area contributed by atoms with E-state index in [2.05, 4.69) is 36.4 Å². The number of rotatable bonds is 3. The highest BCUT2D eigenvalue weighted by molar-refractivity contribution is 9.10. The Balaban J connectivity index is 2.03. The van der Waals surface area contributed by atoms with Gasteiger partial charge in [0.25, 0.3) is 0 Å². The Morgan fingerprint density at radius 1 is 1.18 bits per heavy atom. The SMILES string of the molecule is Cc1cccc(NN=Cc2cccc(Br)n2)n1. The number of nitrogens with one attached hydrogen (secondary N) is 1. The predicted molar refractivity (Wildman–Crippen MR) is 72.1 cm³/mol. The number of aryl methyl sites for hydroxylation is 1. The van der Waals surface area contributed by atoms with Crippen molar-refractivity contribution < 1.29 is 0 Å². The highest BCUT2D eigenvalue weighted by atomic mass is 79.9. The third kappa shape index (κ3) is 3.64. The molecule has 2 heterocycles. The Morgan fingerprint density at radius 3 is 2.76 bits per heavy atom. The molecule has 0 spiro atoms. The van der Waals surface area contributed by atoms with Gasteiger partial charge in [-0.2, -0.15) is 5.10 Å². The van der Waals surface area contributed by atoms with Gasteiger partial charge in [-0.15, -0.1) is 0 Å². The summed E-state index contributed by atoms with van der Waals surface area (Å²) in [6, 6.07) is 11.4. The molecule has 86 valence electrons. The van der Waals surface area contributed by atoms with Crippen LogP contribution in [0.3, 0.4) is 0 Å². The van der Waals surface area contributed by atoms with E-state index in [4.69, 9.17) is 0 Å². The Bertz CT molecular complexity index is 540.